The Labute approximate surface area is 282 Å². The molecule has 2 atom stereocenters. The molecule has 0 saturated carbocycles. The summed E-state index contributed by atoms with van der Waals surface area (Å²) in [6, 6.07) is 36.6. The largest absolute Gasteiger partial charge is 1.00 e. The maximum Gasteiger partial charge on any atom is -1.00 e. The topological polar surface area (TPSA) is 0 Å². The van der Waals surface area contributed by atoms with Gasteiger partial charge in [-0.25, -0.2) is 0 Å². The van der Waals surface area contributed by atoms with Crippen LogP contribution in [0.1, 0.15) is 77.5 Å². The van der Waals surface area contributed by atoms with E-state index in [1.165, 1.54) is 48.1 Å². The number of hydrogen-bond donors (Lipinski definition) is 0. The number of halogens is 2. The van der Waals surface area contributed by atoms with Crippen molar-refractivity contribution in [3.63, 3.8) is 0 Å². The number of allylic oxidation sites excluding steroid dienone is 2. The van der Waals surface area contributed by atoms with Crippen LogP contribution in [-0.2, 0) is 20.3 Å². The molecule has 2 unspecified atom stereocenters. The fourth-order valence-corrected chi connectivity index (χ4v) is 24.8. The van der Waals surface area contributed by atoms with E-state index >= 15 is 0 Å². The first-order valence-corrected chi connectivity index (χ1v) is 22.2. The van der Waals surface area contributed by atoms with Crippen LogP contribution in [0.5, 0.6) is 0 Å². The molecule has 2 aliphatic carbocycles. The molecule has 0 amide bonds. The predicted octanol–water partition coefficient (Wildman–Crippen LogP) is 6.09. The van der Waals surface area contributed by atoms with Crippen molar-refractivity contribution in [3.8, 4) is 22.3 Å². The van der Waals surface area contributed by atoms with E-state index in [9.17, 15) is 0 Å². The van der Waals surface area contributed by atoms with E-state index in [0.717, 1.165) is 0 Å². The minimum atomic E-state index is -2.97. The Balaban J connectivity index is 0.00000192. The fourth-order valence-electron chi connectivity index (χ4n) is 8.41. The molecule has 4 aromatic rings. The van der Waals surface area contributed by atoms with Crippen molar-refractivity contribution in [3.05, 3.63) is 130 Å². The Morgan fingerprint density at radius 1 is 0.500 bits per heavy atom. The van der Waals surface area contributed by atoms with Crippen molar-refractivity contribution in [1.29, 1.82) is 0 Å². The van der Waals surface area contributed by atoms with Crippen LogP contribution in [0.3, 0.4) is 0 Å². The van der Waals surface area contributed by atoms with Gasteiger partial charge in [-0.15, -0.1) is 0 Å². The van der Waals surface area contributed by atoms with E-state index in [1.54, 1.807) is 22.3 Å². The van der Waals surface area contributed by atoms with Crippen LogP contribution in [-0.4, -0.2) is 0 Å². The molecule has 1 saturated heterocycles. The second kappa shape index (κ2) is 12.2. The molecule has 4 aromatic carbocycles. The fraction of sp³-hybridized carbons (Fsp3) is 0.317. The number of fused-ring (bicyclic) bond motifs is 2. The van der Waals surface area contributed by atoms with Gasteiger partial charge >= 0.3 is 259 Å². The van der Waals surface area contributed by atoms with Gasteiger partial charge in [-0.05, 0) is 0 Å². The molecule has 1 heterocycles. The van der Waals surface area contributed by atoms with Crippen LogP contribution in [0.25, 0.3) is 34.4 Å². The van der Waals surface area contributed by atoms with E-state index in [-0.39, 0.29) is 35.6 Å². The standard InChI is InChI=1S/2C19H19.C3H6.2ClH.Zr/c2*1-19(2,3)16-12-15-10-7-11-17(18(15)13-16)14-8-5-4-6-9-14;1-3-2;;;/h2*4-13H,1-3H3;1-3H2;2*1H;/q;;;;;+2/p-2. The molecule has 44 heavy (non-hydrogen) atoms. The summed E-state index contributed by atoms with van der Waals surface area (Å²) in [5, 5.41) is 0. The molecule has 0 N–H and O–H groups in total. The average molecular weight is 699 g/mol. The van der Waals surface area contributed by atoms with Crippen LogP contribution in [0, 0.1) is 10.8 Å². The first kappa shape index (κ1) is 33.2. The molecule has 1 fully saturated rings. The Morgan fingerprint density at radius 2 is 0.886 bits per heavy atom. The van der Waals surface area contributed by atoms with Gasteiger partial charge in [0, 0.05) is 0 Å². The van der Waals surface area contributed by atoms with Gasteiger partial charge in [-0.2, -0.15) is 0 Å². The Hall–Kier alpha value is -2.18. The zero-order valence-electron chi connectivity index (χ0n) is 26.9. The van der Waals surface area contributed by atoms with Gasteiger partial charge in [-0.3, -0.25) is 0 Å². The third-order valence-electron chi connectivity index (χ3n) is 10.5. The van der Waals surface area contributed by atoms with E-state index in [4.69, 9.17) is 0 Å². The molecule has 0 aromatic heterocycles. The smallest absolute Gasteiger partial charge is 1.00 e. The molecule has 226 valence electrons. The van der Waals surface area contributed by atoms with Crippen LogP contribution in [0.4, 0.5) is 0 Å². The van der Waals surface area contributed by atoms with E-state index < -0.39 is 20.3 Å². The number of hydrogen-bond acceptors (Lipinski definition) is 0. The number of rotatable bonds is 4. The van der Waals surface area contributed by atoms with E-state index in [1.807, 2.05) is 0 Å². The average Bonchev–Trinajstić information content (AvgIpc) is 3.54. The number of benzene rings is 4. The normalized spacial score (nSPS) is 19.1. The molecular weight excluding hydrogens is 655 g/mol. The first-order chi connectivity index (χ1) is 20.1. The van der Waals surface area contributed by atoms with Gasteiger partial charge < -0.3 is 24.8 Å². The molecule has 0 spiro atoms. The van der Waals surface area contributed by atoms with Crippen LogP contribution >= 0.6 is 0 Å². The molecule has 0 nitrogen and oxygen atoms in total. The van der Waals surface area contributed by atoms with Crippen molar-refractivity contribution < 1.29 is 45.1 Å². The SMILES string of the molecule is CC(C)(C)C1=Cc2c(-c3ccccc3)cccc2[CH]1[Zr+2]1([CH]2C(C(C)(C)C)=Cc3c(-c4ccccc4)cccc32)[CH2]C[CH2]1.[Cl-].[Cl-]. The zero-order chi connectivity index (χ0) is 29.3. The summed E-state index contributed by atoms with van der Waals surface area (Å²) in [6.07, 6.45) is 6.70. The van der Waals surface area contributed by atoms with Gasteiger partial charge in [-0.1, -0.05) is 0 Å². The van der Waals surface area contributed by atoms with Crippen LogP contribution in [0.15, 0.2) is 108 Å². The summed E-state index contributed by atoms with van der Waals surface area (Å²) in [7, 11) is 0. The summed E-state index contributed by atoms with van der Waals surface area (Å²) in [6.45, 7) is 14.8. The first-order valence-electron chi connectivity index (χ1n) is 15.9. The second-order valence-corrected chi connectivity index (χ2v) is 26.4. The van der Waals surface area contributed by atoms with Gasteiger partial charge in [0.2, 0.25) is 0 Å². The second-order valence-electron chi connectivity index (χ2n) is 15.0. The van der Waals surface area contributed by atoms with Crippen LogP contribution < -0.4 is 24.8 Å². The molecule has 3 heteroatoms. The summed E-state index contributed by atoms with van der Waals surface area (Å²) in [5.41, 5.74) is 15.4. The zero-order valence-corrected chi connectivity index (χ0v) is 30.9. The van der Waals surface area contributed by atoms with E-state index in [2.05, 4.69) is 151 Å². The van der Waals surface area contributed by atoms with Crippen molar-refractivity contribution in [2.75, 3.05) is 0 Å². The monoisotopic (exact) mass is 696 g/mol. The molecule has 7 rings (SSSR count). The Morgan fingerprint density at radius 3 is 1.20 bits per heavy atom. The summed E-state index contributed by atoms with van der Waals surface area (Å²) in [5.74, 6) is 0. The van der Waals surface area contributed by atoms with Crippen molar-refractivity contribution in [2.24, 2.45) is 10.8 Å². The molecule has 0 bridgehead atoms. The van der Waals surface area contributed by atoms with Gasteiger partial charge in [0.05, 0.1) is 0 Å². The summed E-state index contributed by atoms with van der Waals surface area (Å²) in [4.78, 5) is 0. The van der Waals surface area contributed by atoms with Crippen LogP contribution in [0.2, 0.25) is 8.26 Å². The van der Waals surface area contributed by atoms with Crippen molar-refractivity contribution in [2.45, 2.75) is 63.5 Å². The third kappa shape index (κ3) is 5.36. The third-order valence-corrected chi connectivity index (χ3v) is 25.5. The van der Waals surface area contributed by atoms with Gasteiger partial charge in [0.25, 0.3) is 0 Å². The summed E-state index contributed by atoms with van der Waals surface area (Å²) >= 11 is -2.97. The van der Waals surface area contributed by atoms with Crippen molar-refractivity contribution in [1.82, 2.24) is 0 Å². The minimum Gasteiger partial charge on any atom is -1.00 e. The molecular formula is C41H44Cl2Zr. The minimum absolute atomic E-state index is 0. The van der Waals surface area contributed by atoms with Gasteiger partial charge in [0.15, 0.2) is 0 Å². The van der Waals surface area contributed by atoms with E-state index in [0.29, 0.717) is 7.25 Å². The quantitative estimate of drug-likeness (QED) is 0.242. The molecule has 3 aliphatic rings. The Kier molecular flexibility index (Phi) is 9.21. The molecule has 1 aliphatic heterocycles. The van der Waals surface area contributed by atoms with Crippen molar-refractivity contribution >= 4 is 12.2 Å². The Bertz CT molecular complexity index is 1590. The molecule has 0 radical (unpaired) electrons. The van der Waals surface area contributed by atoms with Gasteiger partial charge in [0.1, 0.15) is 0 Å². The predicted molar refractivity (Wildman–Crippen MR) is 178 cm³/mol. The maximum atomic E-state index is 2.65. The summed E-state index contributed by atoms with van der Waals surface area (Å²) < 4.78 is 4.20. The maximum absolute atomic E-state index is 2.97.